The highest BCUT2D eigenvalue weighted by Gasteiger charge is 2.25. The van der Waals surface area contributed by atoms with Gasteiger partial charge in [0.05, 0.1) is 13.2 Å². The van der Waals surface area contributed by atoms with Crippen molar-refractivity contribution in [3.05, 3.63) is 0 Å². The second-order valence-corrected chi connectivity index (χ2v) is 2.16. The van der Waals surface area contributed by atoms with Gasteiger partial charge >= 0.3 is 0 Å². The molecule has 0 aromatic heterocycles. The van der Waals surface area contributed by atoms with Crippen molar-refractivity contribution >= 4 is 0 Å². The molecule has 0 bridgehead atoms. The molecule has 3 N–H and O–H groups in total. The summed E-state index contributed by atoms with van der Waals surface area (Å²) in [5, 5.41) is 19.9. The lowest BCUT2D eigenvalue weighted by molar-refractivity contribution is 0.114. The van der Waals surface area contributed by atoms with Crippen LogP contribution in [0.25, 0.3) is 0 Å². The van der Waals surface area contributed by atoms with Gasteiger partial charge in [0.2, 0.25) is 0 Å². The monoisotopic (exact) mass is 117 g/mol. The molecular formula is C5H11NO2. The Labute approximate surface area is 48.3 Å². The van der Waals surface area contributed by atoms with E-state index in [4.69, 9.17) is 10.2 Å². The van der Waals surface area contributed by atoms with Crippen LogP contribution in [-0.2, 0) is 0 Å². The molecule has 2 unspecified atom stereocenters. The molecule has 1 rings (SSSR count). The molecule has 0 amide bonds. The van der Waals surface area contributed by atoms with E-state index in [1.165, 1.54) is 0 Å². The molecule has 0 saturated carbocycles. The Morgan fingerprint density at radius 1 is 1.25 bits per heavy atom. The molecule has 2 atom stereocenters. The Kier molecular flexibility index (Phi) is 1.83. The molecule has 0 aromatic carbocycles. The summed E-state index contributed by atoms with van der Waals surface area (Å²) in [7, 11) is 0. The first kappa shape index (κ1) is 6.01. The molecule has 48 valence electrons. The number of aliphatic hydroxyl groups excluding tert-OH is 2. The molecule has 3 nitrogen and oxygen atoms in total. The Morgan fingerprint density at radius 3 is 1.88 bits per heavy atom. The van der Waals surface area contributed by atoms with Crippen molar-refractivity contribution in [2.75, 3.05) is 13.2 Å². The topological polar surface area (TPSA) is 52.5 Å². The summed E-state index contributed by atoms with van der Waals surface area (Å²) in [5.74, 6) is 0. The van der Waals surface area contributed by atoms with E-state index in [9.17, 15) is 0 Å². The molecule has 1 fully saturated rings. The van der Waals surface area contributed by atoms with Crippen molar-refractivity contribution in [3.8, 4) is 0 Å². The third-order valence-electron chi connectivity index (χ3n) is 1.48. The van der Waals surface area contributed by atoms with Gasteiger partial charge in [0.15, 0.2) is 0 Å². The molecule has 1 saturated heterocycles. The number of rotatable bonds is 2. The van der Waals surface area contributed by atoms with Gasteiger partial charge < -0.3 is 15.5 Å². The van der Waals surface area contributed by atoms with Crippen molar-refractivity contribution in [3.63, 3.8) is 0 Å². The lowest BCUT2D eigenvalue weighted by Crippen LogP contribution is -2.55. The lowest BCUT2D eigenvalue weighted by atomic mass is 9.99. The molecule has 0 aromatic rings. The number of aliphatic hydroxyl groups is 2. The third-order valence-corrected chi connectivity index (χ3v) is 1.48. The average Bonchev–Trinajstić information content (AvgIpc) is 1.65. The maximum absolute atomic E-state index is 8.46. The van der Waals surface area contributed by atoms with E-state index in [1.807, 2.05) is 0 Å². The van der Waals surface area contributed by atoms with Gasteiger partial charge in [-0.05, 0) is 6.42 Å². The fraction of sp³-hybridized carbons (Fsp3) is 1.00. The van der Waals surface area contributed by atoms with E-state index in [0.29, 0.717) is 0 Å². The molecule has 1 heterocycles. The first-order chi connectivity index (χ1) is 3.86. The molecular weight excluding hydrogens is 106 g/mol. The first-order valence-corrected chi connectivity index (χ1v) is 2.84. The smallest absolute Gasteiger partial charge is 0.0585 e. The normalized spacial score (nSPS) is 36.8. The van der Waals surface area contributed by atoms with Crippen LogP contribution in [0.5, 0.6) is 0 Å². The van der Waals surface area contributed by atoms with E-state index < -0.39 is 0 Å². The predicted octanol–water partition coefficient (Wildman–Crippen LogP) is -1.30. The van der Waals surface area contributed by atoms with E-state index in [2.05, 4.69) is 5.32 Å². The van der Waals surface area contributed by atoms with Crippen molar-refractivity contribution in [2.24, 2.45) is 0 Å². The Bertz CT molecular complexity index is 62.8. The molecule has 8 heavy (non-hydrogen) atoms. The zero-order valence-corrected chi connectivity index (χ0v) is 4.67. The van der Waals surface area contributed by atoms with Gasteiger partial charge in [-0.25, -0.2) is 0 Å². The van der Waals surface area contributed by atoms with E-state index in [-0.39, 0.29) is 25.3 Å². The first-order valence-electron chi connectivity index (χ1n) is 2.84. The van der Waals surface area contributed by atoms with Crippen molar-refractivity contribution < 1.29 is 10.2 Å². The van der Waals surface area contributed by atoms with Gasteiger partial charge in [0, 0.05) is 12.1 Å². The third kappa shape index (κ3) is 0.992. The van der Waals surface area contributed by atoms with Crippen molar-refractivity contribution in [1.29, 1.82) is 0 Å². The summed E-state index contributed by atoms with van der Waals surface area (Å²) in [6.45, 7) is 0.382. The summed E-state index contributed by atoms with van der Waals surface area (Å²) in [6, 6.07) is 0.485. The SMILES string of the molecule is OCC1CC(CO)N1. The van der Waals surface area contributed by atoms with Crippen LogP contribution in [0.2, 0.25) is 0 Å². The maximum Gasteiger partial charge on any atom is 0.0585 e. The summed E-state index contributed by atoms with van der Waals surface area (Å²) in [5.41, 5.74) is 0. The molecule has 0 aliphatic carbocycles. The lowest BCUT2D eigenvalue weighted by Gasteiger charge is -2.34. The van der Waals surface area contributed by atoms with Crippen LogP contribution >= 0.6 is 0 Å². The average molecular weight is 117 g/mol. The van der Waals surface area contributed by atoms with Gasteiger partial charge in [0.1, 0.15) is 0 Å². The second-order valence-electron chi connectivity index (χ2n) is 2.16. The van der Waals surface area contributed by atoms with Crippen molar-refractivity contribution in [1.82, 2.24) is 5.32 Å². The second kappa shape index (κ2) is 2.44. The summed E-state index contributed by atoms with van der Waals surface area (Å²) < 4.78 is 0. The number of hydrogen-bond donors (Lipinski definition) is 3. The summed E-state index contributed by atoms with van der Waals surface area (Å²) in [6.07, 6.45) is 0.910. The van der Waals surface area contributed by atoms with E-state index >= 15 is 0 Å². The molecule has 1 aliphatic rings. The highest BCUT2D eigenvalue weighted by molar-refractivity contribution is 4.86. The maximum atomic E-state index is 8.46. The fourth-order valence-electron chi connectivity index (χ4n) is 0.907. The Hall–Kier alpha value is -0.120. The van der Waals surface area contributed by atoms with Crippen LogP contribution in [0, 0.1) is 0 Å². The zero-order valence-electron chi connectivity index (χ0n) is 4.67. The molecule has 0 spiro atoms. The van der Waals surface area contributed by atoms with E-state index in [0.717, 1.165) is 6.42 Å². The van der Waals surface area contributed by atoms with Gasteiger partial charge in [-0.2, -0.15) is 0 Å². The van der Waals surface area contributed by atoms with Crippen LogP contribution in [0.4, 0.5) is 0 Å². The number of hydrogen-bond acceptors (Lipinski definition) is 3. The van der Waals surface area contributed by atoms with Gasteiger partial charge in [-0.15, -0.1) is 0 Å². The van der Waals surface area contributed by atoms with Gasteiger partial charge in [-0.1, -0.05) is 0 Å². The Balaban J connectivity index is 2.03. The van der Waals surface area contributed by atoms with Gasteiger partial charge in [-0.3, -0.25) is 0 Å². The van der Waals surface area contributed by atoms with Crippen molar-refractivity contribution in [2.45, 2.75) is 18.5 Å². The standard InChI is InChI=1S/C5H11NO2/c7-2-4-1-5(3-8)6-4/h4-8H,1-3H2. The van der Waals surface area contributed by atoms with Crippen LogP contribution in [0.15, 0.2) is 0 Å². The van der Waals surface area contributed by atoms with Crippen LogP contribution in [0.1, 0.15) is 6.42 Å². The van der Waals surface area contributed by atoms with E-state index in [1.54, 1.807) is 0 Å². The predicted molar refractivity (Wildman–Crippen MR) is 29.5 cm³/mol. The zero-order chi connectivity index (χ0) is 5.98. The largest absolute Gasteiger partial charge is 0.395 e. The molecule has 1 aliphatic heterocycles. The molecule has 3 heteroatoms. The summed E-state index contributed by atoms with van der Waals surface area (Å²) in [4.78, 5) is 0. The number of nitrogens with one attached hydrogen (secondary N) is 1. The fourth-order valence-corrected chi connectivity index (χ4v) is 0.907. The minimum absolute atomic E-state index is 0.191. The highest BCUT2D eigenvalue weighted by Crippen LogP contribution is 2.08. The highest BCUT2D eigenvalue weighted by atomic mass is 16.3. The van der Waals surface area contributed by atoms with Crippen LogP contribution in [-0.4, -0.2) is 35.5 Å². The Morgan fingerprint density at radius 2 is 1.62 bits per heavy atom. The minimum Gasteiger partial charge on any atom is -0.395 e. The summed E-state index contributed by atoms with van der Waals surface area (Å²) >= 11 is 0. The van der Waals surface area contributed by atoms with Crippen LogP contribution in [0.3, 0.4) is 0 Å². The van der Waals surface area contributed by atoms with Crippen LogP contribution < -0.4 is 5.32 Å². The van der Waals surface area contributed by atoms with Gasteiger partial charge in [0.25, 0.3) is 0 Å². The quantitative estimate of drug-likeness (QED) is 0.421. The molecule has 0 radical (unpaired) electrons. The minimum atomic E-state index is 0.191.